The minimum Gasteiger partial charge on any atom is -0.479 e. The van der Waals surface area contributed by atoms with Crippen LogP contribution in [0.15, 0.2) is 24.3 Å². The van der Waals surface area contributed by atoms with Crippen molar-refractivity contribution in [3.05, 3.63) is 35.4 Å². The number of fused-ring (bicyclic) bond motifs is 1. The van der Waals surface area contributed by atoms with Gasteiger partial charge in [0.05, 0.1) is 0 Å². The van der Waals surface area contributed by atoms with Gasteiger partial charge in [0.15, 0.2) is 0 Å². The van der Waals surface area contributed by atoms with E-state index in [4.69, 9.17) is 0 Å². The molecule has 2 heterocycles. The molecule has 1 atom stereocenters. The molecular formula is C15H16N2O4S. The third-order valence-corrected chi connectivity index (χ3v) is 5.23. The summed E-state index contributed by atoms with van der Waals surface area (Å²) < 4.78 is 0. The van der Waals surface area contributed by atoms with Crippen LogP contribution in [0, 0.1) is 0 Å². The van der Waals surface area contributed by atoms with E-state index in [0.29, 0.717) is 30.0 Å². The molecule has 1 saturated heterocycles. The summed E-state index contributed by atoms with van der Waals surface area (Å²) in [5.74, 6) is -0.549. The van der Waals surface area contributed by atoms with Crippen LogP contribution < -0.4 is 5.32 Å². The molecule has 2 N–H and O–H groups in total. The van der Waals surface area contributed by atoms with E-state index in [1.807, 2.05) is 12.1 Å². The van der Waals surface area contributed by atoms with Crippen molar-refractivity contribution in [2.75, 3.05) is 18.1 Å². The summed E-state index contributed by atoms with van der Waals surface area (Å²) in [6.45, 7) is 0.268. The molecule has 0 aliphatic carbocycles. The molecule has 116 valence electrons. The zero-order valence-corrected chi connectivity index (χ0v) is 12.7. The zero-order chi connectivity index (χ0) is 15.7. The van der Waals surface area contributed by atoms with Crippen LogP contribution in [0.25, 0.3) is 0 Å². The molecule has 22 heavy (non-hydrogen) atoms. The zero-order valence-electron chi connectivity index (χ0n) is 11.9. The van der Waals surface area contributed by atoms with E-state index in [-0.39, 0.29) is 12.5 Å². The predicted octanol–water partition coefficient (Wildman–Crippen LogP) is 0.719. The SMILES string of the molecule is O=C(CN1Cc2ccccc2C1=O)NC1(C(=O)O)CCSC1. The highest BCUT2D eigenvalue weighted by molar-refractivity contribution is 7.99. The van der Waals surface area contributed by atoms with E-state index in [2.05, 4.69) is 5.32 Å². The largest absolute Gasteiger partial charge is 0.479 e. The number of benzene rings is 1. The van der Waals surface area contributed by atoms with E-state index < -0.39 is 17.4 Å². The average Bonchev–Trinajstić information content (AvgIpc) is 3.06. The number of nitrogens with one attached hydrogen (secondary N) is 1. The molecule has 2 aliphatic rings. The number of rotatable bonds is 4. The van der Waals surface area contributed by atoms with Gasteiger partial charge in [0, 0.05) is 17.9 Å². The Labute approximate surface area is 131 Å². The van der Waals surface area contributed by atoms with E-state index >= 15 is 0 Å². The molecule has 3 rings (SSSR count). The lowest BCUT2D eigenvalue weighted by molar-refractivity contribution is -0.146. The van der Waals surface area contributed by atoms with E-state index in [1.54, 1.807) is 12.1 Å². The van der Waals surface area contributed by atoms with Gasteiger partial charge in [0.2, 0.25) is 5.91 Å². The molecule has 0 saturated carbocycles. The maximum Gasteiger partial charge on any atom is 0.330 e. The highest BCUT2D eigenvalue weighted by Crippen LogP contribution is 2.28. The van der Waals surface area contributed by atoms with Crippen molar-refractivity contribution in [1.82, 2.24) is 10.2 Å². The second-order valence-electron chi connectivity index (χ2n) is 5.56. The predicted molar refractivity (Wildman–Crippen MR) is 81.6 cm³/mol. The average molecular weight is 320 g/mol. The molecule has 6 nitrogen and oxygen atoms in total. The maximum absolute atomic E-state index is 12.2. The minimum absolute atomic E-state index is 0.118. The second-order valence-corrected chi connectivity index (χ2v) is 6.66. The molecule has 0 radical (unpaired) electrons. The summed E-state index contributed by atoms with van der Waals surface area (Å²) in [6.07, 6.45) is 0.410. The Bertz CT molecular complexity index is 640. The molecule has 1 unspecified atom stereocenters. The number of carboxylic acids is 1. The molecular weight excluding hydrogens is 304 g/mol. The molecule has 0 spiro atoms. The van der Waals surface area contributed by atoms with Gasteiger partial charge in [-0.3, -0.25) is 9.59 Å². The number of thioether (sulfide) groups is 1. The van der Waals surface area contributed by atoms with E-state index in [0.717, 1.165) is 5.56 Å². The Morgan fingerprint density at radius 2 is 2.14 bits per heavy atom. The lowest BCUT2D eigenvalue weighted by atomic mass is 9.99. The highest BCUT2D eigenvalue weighted by Gasteiger charge is 2.43. The van der Waals surface area contributed by atoms with Crippen molar-refractivity contribution in [3.63, 3.8) is 0 Å². The Morgan fingerprint density at radius 1 is 1.36 bits per heavy atom. The first-order valence-electron chi connectivity index (χ1n) is 7.01. The first-order chi connectivity index (χ1) is 10.5. The molecule has 2 aliphatic heterocycles. The lowest BCUT2D eigenvalue weighted by Gasteiger charge is -2.26. The van der Waals surface area contributed by atoms with Gasteiger partial charge < -0.3 is 15.3 Å². The fourth-order valence-corrected chi connectivity index (χ4v) is 4.13. The van der Waals surface area contributed by atoms with Gasteiger partial charge in [-0.05, 0) is 23.8 Å². The van der Waals surface area contributed by atoms with Crippen molar-refractivity contribution in [3.8, 4) is 0 Å². The summed E-state index contributed by atoms with van der Waals surface area (Å²) in [7, 11) is 0. The van der Waals surface area contributed by atoms with Crippen LogP contribution >= 0.6 is 11.8 Å². The number of carboxylic acid groups (broad SMARTS) is 1. The smallest absolute Gasteiger partial charge is 0.330 e. The third kappa shape index (κ3) is 2.56. The molecule has 1 fully saturated rings. The number of carbonyl (C=O) groups is 3. The molecule has 1 aromatic rings. The first-order valence-corrected chi connectivity index (χ1v) is 8.17. The van der Waals surface area contributed by atoms with Crippen LogP contribution in [0.2, 0.25) is 0 Å². The van der Waals surface area contributed by atoms with Crippen LogP contribution in [0.4, 0.5) is 0 Å². The lowest BCUT2D eigenvalue weighted by Crippen LogP contribution is -2.56. The fourth-order valence-electron chi connectivity index (χ4n) is 2.81. The van der Waals surface area contributed by atoms with Gasteiger partial charge in [-0.15, -0.1) is 0 Å². The first kappa shape index (κ1) is 14.9. The van der Waals surface area contributed by atoms with Crippen LogP contribution in [-0.2, 0) is 16.1 Å². The van der Waals surface area contributed by atoms with Gasteiger partial charge in [-0.25, -0.2) is 4.79 Å². The summed E-state index contributed by atoms with van der Waals surface area (Å²) in [5.41, 5.74) is 0.307. The molecule has 7 heteroatoms. The maximum atomic E-state index is 12.2. The van der Waals surface area contributed by atoms with Gasteiger partial charge in [0.1, 0.15) is 12.1 Å². The van der Waals surface area contributed by atoms with Crippen LogP contribution in [0.3, 0.4) is 0 Å². The summed E-state index contributed by atoms with van der Waals surface area (Å²) in [4.78, 5) is 37.3. The number of hydrogen-bond donors (Lipinski definition) is 2. The summed E-state index contributed by atoms with van der Waals surface area (Å²) >= 11 is 1.51. The molecule has 0 bridgehead atoms. The summed E-state index contributed by atoms with van der Waals surface area (Å²) in [5, 5.41) is 12.0. The van der Waals surface area contributed by atoms with Crippen LogP contribution in [-0.4, -0.2) is 51.4 Å². The number of hydrogen-bond acceptors (Lipinski definition) is 4. The van der Waals surface area contributed by atoms with Crippen molar-refractivity contribution in [2.24, 2.45) is 0 Å². The van der Waals surface area contributed by atoms with Crippen molar-refractivity contribution in [2.45, 2.75) is 18.5 Å². The standard InChI is InChI=1S/C15H16N2O4S/c18-12(16-15(14(20)21)5-6-22-9-15)8-17-7-10-3-1-2-4-11(10)13(17)19/h1-4H,5-9H2,(H,16,18)(H,20,21). The van der Waals surface area contributed by atoms with Gasteiger partial charge in [-0.2, -0.15) is 11.8 Å². The second kappa shape index (κ2) is 5.64. The topological polar surface area (TPSA) is 86.7 Å². The number of amides is 2. The number of aliphatic carboxylic acids is 1. The Balaban J connectivity index is 1.66. The fraction of sp³-hybridized carbons (Fsp3) is 0.400. The minimum atomic E-state index is -1.20. The quantitative estimate of drug-likeness (QED) is 0.853. The van der Waals surface area contributed by atoms with Crippen LogP contribution in [0.1, 0.15) is 22.3 Å². The van der Waals surface area contributed by atoms with Gasteiger partial charge >= 0.3 is 5.97 Å². The number of carbonyl (C=O) groups excluding carboxylic acids is 2. The Hall–Kier alpha value is -2.02. The van der Waals surface area contributed by atoms with Crippen molar-refractivity contribution >= 4 is 29.5 Å². The van der Waals surface area contributed by atoms with Crippen LogP contribution in [0.5, 0.6) is 0 Å². The van der Waals surface area contributed by atoms with Gasteiger partial charge in [0.25, 0.3) is 5.91 Å². The summed E-state index contributed by atoms with van der Waals surface area (Å²) in [6, 6.07) is 7.24. The van der Waals surface area contributed by atoms with E-state index in [9.17, 15) is 19.5 Å². The molecule has 2 amide bonds. The highest BCUT2D eigenvalue weighted by atomic mass is 32.2. The van der Waals surface area contributed by atoms with Crippen molar-refractivity contribution in [1.29, 1.82) is 0 Å². The third-order valence-electron chi connectivity index (χ3n) is 4.04. The van der Waals surface area contributed by atoms with E-state index in [1.165, 1.54) is 16.7 Å². The molecule has 1 aromatic carbocycles. The van der Waals surface area contributed by atoms with Crippen molar-refractivity contribution < 1.29 is 19.5 Å². The Kier molecular flexibility index (Phi) is 3.82. The normalized spacial score (nSPS) is 23.5. The monoisotopic (exact) mass is 320 g/mol. The Morgan fingerprint density at radius 3 is 2.77 bits per heavy atom. The number of nitrogens with zero attached hydrogens (tertiary/aromatic N) is 1. The molecule has 0 aromatic heterocycles. The van der Waals surface area contributed by atoms with Gasteiger partial charge in [-0.1, -0.05) is 18.2 Å².